The topological polar surface area (TPSA) is 54.5 Å². The number of Topliss-reactive ketones (excluding diaryl/α,β-unsaturated/α-hetero) is 1. The van der Waals surface area contributed by atoms with Gasteiger partial charge in [-0.1, -0.05) is 18.0 Å². The maximum atomic E-state index is 12.7. The highest BCUT2D eigenvalue weighted by atomic mass is 79.9. The summed E-state index contributed by atoms with van der Waals surface area (Å²) in [7, 11) is -3.67. The largest absolute Gasteiger partial charge is 0.298 e. The molecule has 0 spiro atoms. The third kappa shape index (κ3) is 3.08. The van der Waals surface area contributed by atoms with Gasteiger partial charge in [-0.2, -0.15) is 4.31 Å². The highest BCUT2D eigenvalue weighted by molar-refractivity contribution is 9.10. The minimum absolute atomic E-state index is 0.110. The van der Waals surface area contributed by atoms with Crippen molar-refractivity contribution >= 4 is 43.3 Å². The Morgan fingerprint density at radius 3 is 2.70 bits per heavy atom. The molecule has 1 heterocycles. The molecule has 1 aliphatic heterocycles. The Bertz CT molecular complexity index is 633. The van der Waals surface area contributed by atoms with Crippen LogP contribution in [-0.2, 0) is 14.8 Å². The number of hydrogen-bond donors (Lipinski definition) is 0. The molecule has 0 N–H and O–H groups in total. The Kier molecular flexibility index (Phi) is 4.89. The molecule has 0 aromatic heterocycles. The minimum Gasteiger partial charge on any atom is -0.298 e. The third-order valence-corrected chi connectivity index (χ3v) is 6.54. The Hall–Kier alpha value is -0.430. The maximum Gasteiger partial charge on any atom is 0.243 e. The smallest absolute Gasteiger partial charge is 0.243 e. The van der Waals surface area contributed by atoms with Crippen LogP contribution >= 0.6 is 27.5 Å². The highest BCUT2D eigenvalue weighted by Crippen LogP contribution is 2.30. The van der Waals surface area contributed by atoms with E-state index in [2.05, 4.69) is 15.9 Å². The molecule has 1 aromatic carbocycles. The molecule has 1 aliphatic rings. The zero-order valence-electron chi connectivity index (χ0n) is 11.0. The van der Waals surface area contributed by atoms with Crippen LogP contribution in [0.5, 0.6) is 0 Å². The molecular weight excluding hydrogens is 366 g/mol. The average molecular weight is 381 g/mol. The summed E-state index contributed by atoms with van der Waals surface area (Å²) in [5.41, 5.74) is 0. The number of piperidine rings is 1. The van der Waals surface area contributed by atoms with E-state index >= 15 is 0 Å². The van der Waals surface area contributed by atoms with Crippen LogP contribution in [0, 0.1) is 0 Å². The number of ketones is 1. The number of halogens is 2. The lowest BCUT2D eigenvalue weighted by molar-refractivity contribution is -0.121. The molecule has 1 aromatic rings. The number of rotatable bonds is 3. The maximum absolute atomic E-state index is 12.7. The fourth-order valence-corrected chi connectivity index (χ4v) is 4.76. The average Bonchev–Trinajstić information content (AvgIpc) is 2.41. The summed E-state index contributed by atoms with van der Waals surface area (Å²) < 4.78 is 27.2. The number of benzene rings is 1. The van der Waals surface area contributed by atoms with Gasteiger partial charge in [-0.25, -0.2) is 8.42 Å². The van der Waals surface area contributed by atoms with Crippen LogP contribution < -0.4 is 0 Å². The first-order valence-corrected chi connectivity index (χ1v) is 8.92. The normalized spacial score (nSPS) is 20.9. The van der Waals surface area contributed by atoms with Gasteiger partial charge in [0.25, 0.3) is 0 Å². The van der Waals surface area contributed by atoms with Crippen molar-refractivity contribution in [3.63, 3.8) is 0 Å². The number of sulfonamides is 1. The summed E-state index contributed by atoms with van der Waals surface area (Å²) in [4.78, 5) is 11.8. The van der Waals surface area contributed by atoms with Gasteiger partial charge in [-0.05, 0) is 53.9 Å². The van der Waals surface area contributed by atoms with E-state index in [1.807, 2.05) is 0 Å². The zero-order valence-corrected chi connectivity index (χ0v) is 14.1. The van der Waals surface area contributed by atoms with Gasteiger partial charge in [0.05, 0.1) is 16.0 Å². The molecule has 0 amide bonds. The van der Waals surface area contributed by atoms with Gasteiger partial charge >= 0.3 is 0 Å². The molecule has 1 fully saturated rings. The van der Waals surface area contributed by atoms with Gasteiger partial charge in [-0.3, -0.25) is 4.79 Å². The van der Waals surface area contributed by atoms with Crippen molar-refractivity contribution in [2.45, 2.75) is 37.1 Å². The Labute approximate surface area is 132 Å². The number of nitrogens with zero attached hydrogens (tertiary/aromatic N) is 1. The Morgan fingerprint density at radius 1 is 1.40 bits per heavy atom. The lowest BCUT2D eigenvalue weighted by atomic mass is 10.0. The van der Waals surface area contributed by atoms with Crippen molar-refractivity contribution in [1.82, 2.24) is 4.31 Å². The Balaban J connectivity index is 2.42. The highest BCUT2D eigenvalue weighted by Gasteiger charge is 2.35. The third-order valence-electron chi connectivity index (χ3n) is 3.42. The van der Waals surface area contributed by atoms with Gasteiger partial charge in [-0.15, -0.1) is 0 Å². The molecular formula is C13H15BrClNO3S. The molecule has 1 unspecified atom stereocenters. The second-order valence-corrected chi connectivity index (χ2v) is 7.97. The molecule has 1 saturated heterocycles. The van der Waals surface area contributed by atoms with Crippen LogP contribution in [0.4, 0.5) is 0 Å². The monoisotopic (exact) mass is 379 g/mol. The lowest BCUT2D eigenvalue weighted by Crippen LogP contribution is -2.47. The summed E-state index contributed by atoms with van der Waals surface area (Å²) in [6.07, 6.45) is 2.24. The predicted molar refractivity (Wildman–Crippen MR) is 81.4 cm³/mol. The summed E-state index contributed by atoms with van der Waals surface area (Å²) in [6, 6.07) is 3.92. The summed E-state index contributed by atoms with van der Waals surface area (Å²) in [5.74, 6) is -0.110. The van der Waals surface area contributed by atoms with Crippen molar-refractivity contribution in [3.05, 3.63) is 27.7 Å². The van der Waals surface area contributed by atoms with Crippen LogP contribution in [-0.4, -0.2) is 31.1 Å². The van der Waals surface area contributed by atoms with Crippen LogP contribution in [0.15, 0.2) is 27.6 Å². The van der Waals surface area contributed by atoms with E-state index in [-0.39, 0.29) is 10.7 Å². The van der Waals surface area contributed by atoms with Gasteiger partial charge in [0.1, 0.15) is 5.78 Å². The molecule has 0 saturated carbocycles. The first-order chi connectivity index (χ1) is 9.34. The van der Waals surface area contributed by atoms with Crippen molar-refractivity contribution in [3.8, 4) is 0 Å². The molecule has 0 radical (unpaired) electrons. The standard InChI is InChI=1S/C13H15BrClNO3S/c1-9(17)13-4-2-3-7-16(13)20(18,19)10-5-6-12(15)11(14)8-10/h5-6,8,13H,2-4,7H2,1H3. The van der Waals surface area contributed by atoms with Crippen molar-refractivity contribution < 1.29 is 13.2 Å². The van der Waals surface area contributed by atoms with Gasteiger partial charge in [0.15, 0.2) is 0 Å². The summed E-state index contributed by atoms with van der Waals surface area (Å²) in [5, 5.41) is 0.450. The van der Waals surface area contributed by atoms with Crippen LogP contribution in [0.1, 0.15) is 26.2 Å². The molecule has 110 valence electrons. The fraction of sp³-hybridized carbons (Fsp3) is 0.462. The van der Waals surface area contributed by atoms with E-state index in [1.165, 1.54) is 29.4 Å². The molecule has 20 heavy (non-hydrogen) atoms. The first kappa shape index (κ1) is 15.9. The zero-order chi connectivity index (χ0) is 14.9. The minimum atomic E-state index is -3.67. The van der Waals surface area contributed by atoms with Gasteiger partial charge in [0.2, 0.25) is 10.0 Å². The number of hydrogen-bond acceptors (Lipinski definition) is 3. The fourth-order valence-electron chi connectivity index (χ4n) is 2.37. The molecule has 0 aliphatic carbocycles. The van der Waals surface area contributed by atoms with E-state index in [0.717, 1.165) is 12.8 Å². The second-order valence-electron chi connectivity index (χ2n) is 4.81. The van der Waals surface area contributed by atoms with E-state index in [0.29, 0.717) is 22.5 Å². The first-order valence-electron chi connectivity index (χ1n) is 6.31. The molecule has 0 bridgehead atoms. The van der Waals surface area contributed by atoms with Crippen molar-refractivity contribution in [2.75, 3.05) is 6.54 Å². The molecule has 7 heteroatoms. The quantitative estimate of drug-likeness (QED) is 0.809. The second kappa shape index (κ2) is 6.13. The summed E-state index contributed by atoms with van der Waals surface area (Å²) >= 11 is 9.11. The SMILES string of the molecule is CC(=O)C1CCCCN1S(=O)(=O)c1ccc(Cl)c(Br)c1. The molecule has 1 atom stereocenters. The Morgan fingerprint density at radius 2 is 2.10 bits per heavy atom. The molecule has 4 nitrogen and oxygen atoms in total. The van der Waals surface area contributed by atoms with Crippen LogP contribution in [0.25, 0.3) is 0 Å². The number of carbonyl (C=O) groups is 1. The van der Waals surface area contributed by atoms with E-state index in [9.17, 15) is 13.2 Å². The van der Waals surface area contributed by atoms with E-state index in [1.54, 1.807) is 0 Å². The van der Waals surface area contributed by atoms with Crippen molar-refractivity contribution in [2.24, 2.45) is 0 Å². The summed E-state index contributed by atoms with van der Waals surface area (Å²) in [6.45, 7) is 1.82. The van der Waals surface area contributed by atoms with Crippen LogP contribution in [0.2, 0.25) is 5.02 Å². The predicted octanol–water partition coefficient (Wildman–Crippen LogP) is 3.23. The van der Waals surface area contributed by atoms with Crippen LogP contribution in [0.3, 0.4) is 0 Å². The van der Waals surface area contributed by atoms with E-state index in [4.69, 9.17) is 11.6 Å². The molecule has 2 rings (SSSR count). The van der Waals surface area contributed by atoms with E-state index < -0.39 is 16.1 Å². The number of carbonyl (C=O) groups excluding carboxylic acids is 1. The lowest BCUT2D eigenvalue weighted by Gasteiger charge is -2.33. The van der Waals surface area contributed by atoms with Crippen molar-refractivity contribution in [1.29, 1.82) is 0 Å². The van der Waals surface area contributed by atoms with Gasteiger partial charge in [0, 0.05) is 11.0 Å². The van der Waals surface area contributed by atoms with Gasteiger partial charge < -0.3 is 0 Å².